The van der Waals surface area contributed by atoms with E-state index in [1.54, 1.807) is 24.5 Å². The van der Waals surface area contributed by atoms with Gasteiger partial charge in [-0.1, -0.05) is 6.07 Å². The van der Waals surface area contributed by atoms with E-state index in [2.05, 4.69) is 20.9 Å². The molecule has 1 aliphatic carbocycles. The lowest BCUT2D eigenvalue weighted by Crippen LogP contribution is -2.32. The van der Waals surface area contributed by atoms with Gasteiger partial charge >= 0.3 is 0 Å². The molecular weight excluding hydrogens is 330 g/mol. The zero-order valence-electron chi connectivity index (χ0n) is 11.5. The van der Waals surface area contributed by atoms with Crippen LogP contribution in [-0.4, -0.2) is 21.8 Å². The summed E-state index contributed by atoms with van der Waals surface area (Å²) in [5.74, 6) is 0.0283. The van der Waals surface area contributed by atoms with E-state index in [-0.39, 0.29) is 5.91 Å². The second-order valence-electron chi connectivity index (χ2n) is 5.26. The molecule has 0 saturated heterocycles. The Bertz CT molecular complexity index is 656. The number of benzene rings is 1. The van der Waals surface area contributed by atoms with Crippen LogP contribution in [0.25, 0.3) is 0 Å². The van der Waals surface area contributed by atoms with Gasteiger partial charge in [0.25, 0.3) is 5.91 Å². The van der Waals surface area contributed by atoms with Gasteiger partial charge in [-0.3, -0.25) is 9.78 Å². The molecule has 0 radical (unpaired) electrons. The molecule has 1 fully saturated rings. The fourth-order valence-electron chi connectivity index (χ4n) is 2.28. The van der Waals surface area contributed by atoms with Crippen molar-refractivity contribution in [3.63, 3.8) is 0 Å². The number of anilines is 1. The summed E-state index contributed by atoms with van der Waals surface area (Å²) in [5.41, 5.74) is 8.13. The molecule has 21 heavy (non-hydrogen) atoms. The van der Waals surface area contributed by atoms with E-state index in [1.165, 1.54) is 0 Å². The molecule has 2 N–H and O–H groups in total. The van der Waals surface area contributed by atoms with Gasteiger partial charge in [0, 0.05) is 40.7 Å². The third-order valence-electron chi connectivity index (χ3n) is 3.57. The maximum atomic E-state index is 12.7. The molecule has 1 amide bonds. The highest BCUT2D eigenvalue weighted by molar-refractivity contribution is 9.10. The van der Waals surface area contributed by atoms with Gasteiger partial charge in [-0.25, -0.2) is 0 Å². The summed E-state index contributed by atoms with van der Waals surface area (Å²) in [6.45, 7) is 0.591. The first-order valence-corrected chi connectivity index (χ1v) is 7.69. The topological polar surface area (TPSA) is 59.2 Å². The summed E-state index contributed by atoms with van der Waals surface area (Å²) in [5, 5.41) is 0. The van der Waals surface area contributed by atoms with Crippen molar-refractivity contribution in [3.05, 3.63) is 58.3 Å². The van der Waals surface area contributed by atoms with Crippen LogP contribution in [0.2, 0.25) is 0 Å². The molecule has 0 bridgehead atoms. The van der Waals surface area contributed by atoms with Crippen LogP contribution in [0.15, 0.2) is 47.2 Å². The van der Waals surface area contributed by atoms with Gasteiger partial charge in [0.1, 0.15) is 0 Å². The first kappa shape index (κ1) is 14.1. The van der Waals surface area contributed by atoms with E-state index in [0.717, 1.165) is 22.9 Å². The number of amides is 1. The van der Waals surface area contributed by atoms with E-state index in [4.69, 9.17) is 5.73 Å². The third-order valence-corrected chi connectivity index (χ3v) is 4.29. The minimum absolute atomic E-state index is 0.0283. The minimum Gasteiger partial charge on any atom is -0.398 e. The molecule has 0 spiro atoms. The number of halogens is 1. The van der Waals surface area contributed by atoms with Crippen LogP contribution in [0, 0.1) is 0 Å². The number of rotatable bonds is 4. The first-order valence-electron chi connectivity index (χ1n) is 6.90. The SMILES string of the molecule is Nc1cc(C(=O)N(Cc2cccnc2)C2CC2)ccc1Br. The Kier molecular flexibility index (Phi) is 3.92. The predicted octanol–water partition coefficient (Wildman–Crippen LogP) is 3.23. The second kappa shape index (κ2) is 5.85. The lowest BCUT2D eigenvalue weighted by atomic mass is 10.1. The van der Waals surface area contributed by atoms with Gasteiger partial charge in [-0.05, 0) is 58.6 Å². The van der Waals surface area contributed by atoms with Crippen molar-refractivity contribution in [2.75, 3.05) is 5.73 Å². The molecule has 1 aromatic heterocycles. The number of carbonyl (C=O) groups excluding carboxylic acids is 1. The Morgan fingerprint density at radius 2 is 2.19 bits per heavy atom. The molecule has 0 unspecified atom stereocenters. The van der Waals surface area contributed by atoms with Crippen LogP contribution in [0.5, 0.6) is 0 Å². The van der Waals surface area contributed by atoms with Crippen molar-refractivity contribution in [3.8, 4) is 0 Å². The lowest BCUT2D eigenvalue weighted by molar-refractivity contribution is 0.0730. The van der Waals surface area contributed by atoms with Gasteiger partial charge in [0.15, 0.2) is 0 Å². The van der Waals surface area contributed by atoms with Gasteiger partial charge in [0.2, 0.25) is 0 Å². The van der Waals surface area contributed by atoms with Crippen molar-refractivity contribution in [2.45, 2.75) is 25.4 Å². The first-order chi connectivity index (χ1) is 10.1. The highest BCUT2D eigenvalue weighted by Crippen LogP contribution is 2.30. The average Bonchev–Trinajstić information content (AvgIpc) is 3.33. The van der Waals surface area contributed by atoms with Crippen LogP contribution >= 0.6 is 15.9 Å². The van der Waals surface area contributed by atoms with E-state index >= 15 is 0 Å². The predicted molar refractivity (Wildman–Crippen MR) is 85.7 cm³/mol. The summed E-state index contributed by atoms with van der Waals surface area (Å²) in [4.78, 5) is 18.8. The normalized spacial score (nSPS) is 14.0. The van der Waals surface area contributed by atoms with E-state index < -0.39 is 0 Å². The second-order valence-corrected chi connectivity index (χ2v) is 6.12. The molecule has 4 nitrogen and oxygen atoms in total. The molecule has 1 aromatic carbocycles. The summed E-state index contributed by atoms with van der Waals surface area (Å²) in [6, 6.07) is 9.57. The number of nitrogen functional groups attached to an aromatic ring is 1. The van der Waals surface area contributed by atoms with Crippen LogP contribution in [0.1, 0.15) is 28.8 Å². The summed E-state index contributed by atoms with van der Waals surface area (Å²) in [6.07, 6.45) is 5.68. The quantitative estimate of drug-likeness (QED) is 0.865. The lowest BCUT2D eigenvalue weighted by Gasteiger charge is -2.22. The number of carbonyl (C=O) groups is 1. The van der Waals surface area contributed by atoms with E-state index in [1.807, 2.05) is 23.1 Å². The molecule has 3 rings (SSSR count). The summed E-state index contributed by atoms with van der Waals surface area (Å²) >= 11 is 3.35. The summed E-state index contributed by atoms with van der Waals surface area (Å²) in [7, 11) is 0. The standard InChI is InChI=1S/C16H16BrN3O/c17-14-6-3-12(8-15(14)18)16(21)20(13-4-5-13)10-11-2-1-7-19-9-11/h1-3,6-9,13H,4-5,10,18H2. The molecule has 0 aliphatic heterocycles. The van der Waals surface area contributed by atoms with Gasteiger partial charge in [0.05, 0.1) is 0 Å². The van der Waals surface area contributed by atoms with Gasteiger partial charge in [-0.2, -0.15) is 0 Å². The van der Waals surface area contributed by atoms with Crippen molar-refractivity contribution in [1.29, 1.82) is 0 Å². The zero-order valence-corrected chi connectivity index (χ0v) is 13.1. The highest BCUT2D eigenvalue weighted by Gasteiger charge is 2.33. The number of nitrogens with two attached hydrogens (primary N) is 1. The van der Waals surface area contributed by atoms with Crippen molar-refractivity contribution in [2.24, 2.45) is 0 Å². The van der Waals surface area contributed by atoms with Crippen LogP contribution in [-0.2, 0) is 6.54 Å². The Hall–Kier alpha value is -1.88. The molecule has 108 valence electrons. The van der Waals surface area contributed by atoms with Crippen molar-refractivity contribution >= 4 is 27.5 Å². The largest absolute Gasteiger partial charge is 0.398 e. The number of hydrogen-bond donors (Lipinski definition) is 1. The van der Waals surface area contributed by atoms with Gasteiger partial charge < -0.3 is 10.6 Å². The molecule has 1 saturated carbocycles. The van der Waals surface area contributed by atoms with Crippen LogP contribution in [0.4, 0.5) is 5.69 Å². The molecule has 1 heterocycles. The average molecular weight is 346 g/mol. The Morgan fingerprint density at radius 3 is 2.81 bits per heavy atom. The Labute approximate surface area is 132 Å². The maximum Gasteiger partial charge on any atom is 0.254 e. The molecule has 1 aliphatic rings. The number of pyridine rings is 1. The number of nitrogens with zero attached hydrogens (tertiary/aromatic N) is 2. The van der Waals surface area contributed by atoms with E-state index in [9.17, 15) is 4.79 Å². The summed E-state index contributed by atoms with van der Waals surface area (Å²) < 4.78 is 0.810. The number of hydrogen-bond acceptors (Lipinski definition) is 3. The van der Waals surface area contributed by atoms with Crippen LogP contribution < -0.4 is 5.73 Å². The van der Waals surface area contributed by atoms with E-state index in [0.29, 0.717) is 23.8 Å². The third kappa shape index (κ3) is 3.24. The van der Waals surface area contributed by atoms with Crippen LogP contribution in [0.3, 0.4) is 0 Å². The number of aromatic nitrogens is 1. The minimum atomic E-state index is 0.0283. The van der Waals surface area contributed by atoms with Crippen molar-refractivity contribution in [1.82, 2.24) is 9.88 Å². The fourth-order valence-corrected chi connectivity index (χ4v) is 2.53. The monoisotopic (exact) mass is 345 g/mol. The highest BCUT2D eigenvalue weighted by atomic mass is 79.9. The Balaban J connectivity index is 1.83. The van der Waals surface area contributed by atoms with Gasteiger partial charge in [-0.15, -0.1) is 0 Å². The maximum absolute atomic E-state index is 12.7. The molecular formula is C16H16BrN3O. The fraction of sp³-hybridized carbons (Fsp3) is 0.250. The molecule has 0 atom stereocenters. The molecule has 5 heteroatoms. The smallest absolute Gasteiger partial charge is 0.254 e. The van der Waals surface area contributed by atoms with Crippen molar-refractivity contribution < 1.29 is 4.79 Å². The molecule has 2 aromatic rings. The zero-order chi connectivity index (χ0) is 14.8. The Morgan fingerprint density at radius 1 is 1.38 bits per heavy atom.